The molecule has 0 bridgehead atoms. The lowest BCUT2D eigenvalue weighted by molar-refractivity contribution is 1.51. The minimum Gasteiger partial charge on any atom is -0.0622 e. The third-order valence-corrected chi connectivity index (χ3v) is 7.52. The molecule has 0 fully saturated rings. The van der Waals surface area contributed by atoms with E-state index < -0.39 is 0 Å². The molecule has 7 aromatic rings. The molecule has 0 amide bonds. The van der Waals surface area contributed by atoms with E-state index in [0.717, 1.165) is 0 Å². The van der Waals surface area contributed by atoms with Crippen LogP contribution in [0.3, 0.4) is 0 Å². The van der Waals surface area contributed by atoms with Gasteiger partial charge in [-0.25, -0.2) is 0 Å². The maximum Gasteiger partial charge on any atom is -0.00263 e. The van der Waals surface area contributed by atoms with Crippen molar-refractivity contribution in [2.75, 3.05) is 0 Å². The Morgan fingerprint density at radius 1 is 0.351 bits per heavy atom. The van der Waals surface area contributed by atoms with Crippen LogP contribution in [0, 0.1) is 6.92 Å². The number of benzene rings is 7. The van der Waals surface area contributed by atoms with Gasteiger partial charge in [0.25, 0.3) is 0 Å². The molecule has 37 heavy (non-hydrogen) atoms. The van der Waals surface area contributed by atoms with E-state index >= 15 is 0 Å². The zero-order chi connectivity index (χ0) is 24.8. The Labute approximate surface area is 217 Å². The second-order valence-electron chi connectivity index (χ2n) is 9.81. The maximum atomic E-state index is 2.35. The first-order chi connectivity index (χ1) is 18.3. The molecule has 0 aliphatic carbocycles. The average Bonchev–Trinajstić information content (AvgIpc) is 2.96. The van der Waals surface area contributed by atoms with E-state index in [9.17, 15) is 0 Å². The second kappa shape index (κ2) is 8.76. The second-order valence-corrected chi connectivity index (χ2v) is 9.81. The summed E-state index contributed by atoms with van der Waals surface area (Å²) in [4.78, 5) is 0. The van der Waals surface area contributed by atoms with Gasteiger partial charge in [0.1, 0.15) is 0 Å². The summed E-state index contributed by atoms with van der Waals surface area (Å²) in [7, 11) is 0. The predicted molar refractivity (Wildman–Crippen MR) is 160 cm³/mol. The molecule has 0 heterocycles. The van der Waals surface area contributed by atoms with Crippen LogP contribution in [0.2, 0.25) is 0 Å². The van der Waals surface area contributed by atoms with Gasteiger partial charge < -0.3 is 0 Å². The van der Waals surface area contributed by atoms with Crippen molar-refractivity contribution >= 4 is 32.3 Å². The Balaban J connectivity index is 1.49. The van der Waals surface area contributed by atoms with Gasteiger partial charge in [0.05, 0.1) is 0 Å². The monoisotopic (exact) mass is 470 g/mol. The molecule has 0 heteroatoms. The van der Waals surface area contributed by atoms with Gasteiger partial charge in [-0.2, -0.15) is 0 Å². The third kappa shape index (κ3) is 3.61. The number of hydrogen-bond acceptors (Lipinski definition) is 0. The first kappa shape index (κ1) is 21.6. The Bertz CT molecular complexity index is 1900. The zero-order valence-electron chi connectivity index (χ0n) is 20.8. The molecule has 0 unspecified atom stereocenters. The fourth-order valence-electron chi connectivity index (χ4n) is 5.81. The van der Waals surface area contributed by atoms with Crippen molar-refractivity contribution in [2.45, 2.75) is 6.92 Å². The van der Waals surface area contributed by atoms with Crippen LogP contribution >= 0.6 is 0 Å². The molecule has 174 valence electrons. The van der Waals surface area contributed by atoms with E-state index in [4.69, 9.17) is 0 Å². The van der Waals surface area contributed by atoms with Crippen molar-refractivity contribution in [1.29, 1.82) is 0 Å². The molecule has 0 atom stereocenters. The molecule has 0 aliphatic rings. The summed E-state index contributed by atoms with van der Waals surface area (Å²) in [6.45, 7) is 2.18. The highest BCUT2D eigenvalue weighted by Crippen LogP contribution is 2.44. The first-order valence-electron chi connectivity index (χ1n) is 12.9. The summed E-state index contributed by atoms with van der Waals surface area (Å²) in [6, 6.07) is 50.8. The van der Waals surface area contributed by atoms with Crippen molar-refractivity contribution in [1.82, 2.24) is 0 Å². The van der Waals surface area contributed by atoms with Gasteiger partial charge in [-0.3, -0.25) is 0 Å². The largest absolute Gasteiger partial charge is 0.0622 e. The Hall–Kier alpha value is -4.68. The Kier molecular flexibility index (Phi) is 5.11. The van der Waals surface area contributed by atoms with Crippen LogP contribution in [0.25, 0.3) is 65.7 Å². The summed E-state index contributed by atoms with van der Waals surface area (Å²) in [6.07, 6.45) is 0. The predicted octanol–water partition coefficient (Wildman–Crippen LogP) is 10.5. The summed E-state index contributed by atoms with van der Waals surface area (Å²) in [5.41, 5.74) is 8.90. The highest BCUT2D eigenvalue weighted by atomic mass is 14.2. The quantitative estimate of drug-likeness (QED) is 0.225. The Morgan fingerprint density at radius 3 is 1.65 bits per heavy atom. The van der Waals surface area contributed by atoms with Gasteiger partial charge in [-0.1, -0.05) is 145 Å². The summed E-state index contributed by atoms with van der Waals surface area (Å²) in [5.74, 6) is 0. The summed E-state index contributed by atoms with van der Waals surface area (Å²) < 4.78 is 0. The molecule has 0 aromatic heterocycles. The van der Waals surface area contributed by atoms with Crippen LogP contribution in [0.1, 0.15) is 5.56 Å². The van der Waals surface area contributed by atoms with Gasteiger partial charge >= 0.3 is 0 Å². The van der Waals surface area contributed by atoms with Crippen LogP contribution in [-0.4, -0.2) is 0 Å². The van der Waals surface area contributed by atoms with Gasteiger partial charge in [0.2, 0.25) is 0 Å². The highest BCUT2D eigenvalue weighted by Gasteiger charge is 2.17. The molecular weight excluding hydrogens is 444 g/mol. The van der Waals surface area contributed by atoms with Crippen molar-refractivity contribution in [3.8, 4) is 33.4 Å². The lowest BCUT2D eigenvalue weighted by Gasteiger charge is -2.18. The van der Waals surface area contributed by atoms with Gasteiger partial charge in [-0.05, 0) is 72.6 Å². The molecule has 0 saturated carbocycles. The Morgan fingerprint density at radius 2 is 0.892 bits per heavy atom. The van der Waals surface area contributed by atoms with Crippen LogP contribution in [-0.2, 0) is 0 Å². The van der Waals surface area contributed by atoms with Crippen LogP contribution < -0.4 is 0 Å². The molecule has 0 N–H and O–H groups in total. The lowest BCUT2D eigenvalue weighted by Crippen LogP contribution is -1.91. The van der Waals surface area contributed by atoms with E-state index in [0.29, 0.717) is 0 Å². The summed E-state index contributed by atoms with van der Waals surface area (Å²) in [5, 5.41) is 7.74. The normalized spacial score (nSPS) is 11.4. The third-order valence-electron chi connectivity index (χ3n) is 7.52. The SMILES string of the molecule is Cc1ccc2c(-c3ccccc3)c3ccccc3c(-c3ccc(-c4cccc5ccccc45)cc3)c2c1. The minimum absolute atomic E-state index is 1.24. The zero-order valence-corrected chi connectivity index (χ0v) is 20.8. The van der Waals surface area contributed by atoms with E-state index in [1.807, 2.05) is 0 Å². The fourth-order valence-corrected chi connectivity index (χ4v) is 5.81. The van der Waals surface area contributed by atoms with Crippen molar-refractivity contribution < 1.29 is 0 Å². The van der Waals surface area contributed by atoms with E-state index in [1.54, 1.807) is 0 Å². The molecule has 0 saturated heterocycles. The molecular formula is C37H26. The number of hydrogen-bond donors (Lipinski definition) is 0. The standard InChI is InChI=1S/C37H26/c1-25-18-23-34-35(24-25)37(33-16-8-7-15-32(33)36(34)28-11-3-2-4-12-28)29-21-19-27(20-22-29)31-17-9-13-26-10-5-6-14-30(26)31/h2-24H,1H3. The van der Waals surface area contributed by atoms with E-state index in [1.165, 1.54) is 71.3 Å². The highest BCUT2D eigenvalue weighted by molar-refractivity contribution is 6.21. The van der Waals surface area contributed by atoms with Crippen LogP contribution in [0.4, 0.5) is 0 Å². The van der Waals surface area contributed by atoms with Crippen molar-refractivity contribution in [3.63, 3.8) is 0 Å². The van der Waals surface area contributed by atoms with Gasteiger partial charge in [0.15, 0.2) is 0 Å². The molecule has 7 rings (SSSR count). The fraction of sp³-hybridized carbons (Fsp3) is 0.0270. The van der Waals surface area contributed by atoms with E-state index in [-0.39, 0.29) is 0 Å². The number of aryl methyl sites for hydroxylation is 1. The molecule has 0 spiro atoms. The van der Waals surface area contributed by atoms with Crippen LogP contribution in [0.5, 0.6) is 0 Å². The minimum atomic E-state index is 1.24. The van der Waals surface area contributed by atoms with E-state index in [2.05, 4.69) is 146 Å². The average molecular weight is 471 g/mol. The molecule has 0 nitrogen and oxygen atoms in total. The van der Waals surface area contributed by atoms with Gasteiger partial charge in [0, 0.05) is 0 Å². The summed E-state index contributed by atoms with van der Waals surface area (Å²) >= 11 is 0. The topological polar surface area (TPSA) is 0 Å². The van der Waals surface area contributed by atoms with Crippen molar-refractivity contribution in [2.24, 2.45) is 0 Å². The smallest absolute Gasteiger partial charge is 0.00263 e. The molecule has 0 aliphatic heterocycles. The number of fused-ring (bicyclic) bond motifs is 3. The van der Waals surface area contributed by atoms with Crippen molar-refractivity contribution in [3.05, 3.63) is 145 Å². The van der Waals surface area contributed by atoms with Gasteiger partial charge in [-0.15, -0.1) is 0 Å². The molecule has 7 aromatic carbocycles. The maximum absolute atomic E-state index is 2.35. The number of rotatable bonds is 3. The van der Waals surface area contributed by atoms with Crippen LogP contribution in [0.15, 0.2) is 140 Å². The first-order valence-corrected chi connectivity index (χ1v) is 12.9. The lowest BCUT2D eigenvalue weighted by atomic mass is 9.85. The molecule has 0 radical (unpaired) electrons.